The van der Waals surface area contributed by atoms with Crippen LogP contribution in [0.3, 0.4) is 0 Å². The zero-order chi connectivity index (χ0) is 16.4. The lowest BCUT2D eigenvalue weighted by atomic mass is 10.00. The quantitative estimate of drug-likeness (QED) is 0.684. The molecule has 2 aromatic heterocycles. The summed E-state index contributed by atoms with van der Waals surface area (Å²) >= 11 is 0. The minimum absolute atomic E-state index is 0.271. The third-order valence-corrected chi connectivity index (χ3v) is 3.53. The third kappa shape index (κ3) is 2.75. The molecule has 1 amide bonds. The van der Waals surface area contributed by atoms with Gasteiger partial charge in [0.2, 0.25) is 0 Å². The number of aromatic nitrogens is 3. The van der Waals surface area contributed by atoms with Gasteiger partial charge in [-0.05, 0) is 30.7 Å². The van der Waals surface area contributed by atoms with Crippen molar-refractivity contribution in [3.05, 3.63) is 53.3 Å². The monoisotopic (exact) mass is 306 g/mol. The molecule has 0 radical (unpaired) electrons. The van der Waals surface area contributed by atoms with Crippen LogP contribution in [-0.2, 0) is 0 Å². The van der Waals surface area contributed by atoms with Gasteiger partial charge >= 0.3 is 0 Å². The van der Waals surface area contributed by atoms with Gasteiger partial charge in [0, 0.05) is 17.8 Å². The minimum Gasteiger partial charge on any atom is -0.324 e. The molecule has 1 atom stereocenters. The molecule has 4 N–H and O–H groups in total. The second-order valence-electron chi connectivity index (χ2n) is 5.15. The molecule has 0 aliphatic heterocycles. The average Bonchev–Trinajstić information content (AvgIpc) is 3.03. The molecule has 0 spiro atoms. The molecule has 0 aliphatic carbocycles. The van der Waals surface area contributed by atoms with Crippen LogP contribution in [0.1, 0.15) is 34.5 Å². The smallest absolute Gasteiger partial charge is 0.255 e. The molecule has 7 heteroatoms. The Hall–Kier alpha value is -3.24. The van der Waals surface area contributed by atoms with E-state index in [4.69, 9.17) is 5.73 Å². The van der Waals surface area contributed by atoms with E-state index in [0.29, 0.717) is 33.4 Å². The van der Waals surface area contributed by atoms with E-state index in [9.17, 15) is 10.1 Å². The predicted molar refractivity (Wildman–Crippen MR) is 85.6 cm³/mol. The summed E-state index contributed by atoms with van der Waals surface area (Å²) in [5.74, 6) is -0.313. The van der Waals surface area contributed by atoms with Gasteiger partial charge in [-0.15, -0.1) is 0 Å². The van der Waals surface area contributed by atoms with Crippen molar-refractivity contribution in [3.8, 4) is 6.07 Å². The summed E-state index contributed by atoms with van der Waals surface area (Å²) in [4.78, 5) is 16.5. The number of rotatable bonds is 3. The first-order valence-corrected chi connectivity index (χ1v) is 6.99. The average molecular weight is 306 g/mol. The number of fused-ring (bicyclic) bond motifs is 1. The highest BCUT2D eigenvalue weighted by Crippen LogP contribution is 2.21. The third-order valence-electron chi connectivity index (χ3n) is 3.53. The minimum atomic E-state index is -0.313. The number of H-pyrrole nitrogens is 1. The Labute approximate surface area is 132 Å². The van der Waals surface area contributed by atoms with Crippen LogP contribution < -0.4 is 11.1 Å². The Bertz CT molecular complexity index is 922. The number of amides is 1. The summed E-state index contributed by atoms with van der Waals surface area (Å²) in [7, 11) is 0. The summed E-state index contributed by atoms with van der Waals surface area (Å²) in [6.07, 6.45) is 3.17. The number of anilines is 1. The van der Waals surface area contributed by atoms with Crippen LogP contribution in [-0.4, -0.2) is 21.1 Å². The van der Waals surface area contributed by atoms with Crippen molar-refractivity contribution in [2.45, 2.75) is 13.0 Å². The fourth-order valence-electron chi connectivity index (χ4n) is 2.35. The van der Waals surface area contributed by atoms with Crippen LogP contribution in [0, 0.1) is 11.3 Å². The Balaban J connectivity index is 1.92. The van der Waals surface area contributed by atoms with E-state index in [1.165, 1.54) is 0 Å². The van der Waals surface area contributed by atoms with E-state index in [0.717, 1.165) is 0 Å². The van der Waals surface area contributed by atoms with Crippen LogP contribution in [0.25, 0.3) is 11.0 Å². The van der Waals surface area contributed by atoms with Crippen molar-refractivity contribution in [1.29, 1.82) is 5.26 Å². The number of nitrogens with one attached hydrogen (secondary N) is 2. The number of nitrogens with two attached hydrogens (primary N) is 1. The number of nitriles is 1. The number of pyridine rings is 1. The summed E-state index contributed by atoms with van der Waals surface area (Å²) in [5.41, 5.74) is 8.51. The molecule has 114 valence electrons. The van der Waals surface area contributed by atoms with Crippen molar-refractivity contribution in [1.82, 2.24) is 15.2 Å². The first kappa shape index (κ1) is 14.7. The maximum atomic E-state index is 12.4. The van der Waals surface area contributed by atoms with E-state index in [1.807, 2.05) is 0 Å². The summed E-state index contributed by atoms with van der Waals surface area (Å²) < 4.78 is 0. The molecule has 0 fully saturated rings. The van der Waals surface area contributed by atoms with E-state index in [-0.39, 0.29) is 11.9 Å². The summed E-state index contributed by atoms with van der Waals surface area (Å²) in [6.45, 7) is 1.79. The number of nitrogens with zero attached hydrogens (tertiary/aromatic N) is 3. The summed E-state index contributed by atoms with van der Waals surface area (Å²) in [6, 6.07) is 8.40. The van der Waals surface area contributed by atoms with Gasteiger partial charge in [-0.1, -0.05) is 6.07 Å². The maximum Gasteiger partial charge on any atom is 0.255 e. The number of hydrogen-bond acceptors (Lipinski definition) is 5. The zero-order valence-electron chi connectivity index (χ0n) is 12.4. The lowest BCUT2D eigenvalue weighted by Gasteiger charge is -2.10. The Morgan fingerprint density at radius 2 is 2.26 bits per heavy atom. The van der Waals surface area contributed by atoms with E-state index in [2.05, 4.69) is 26.6 Å². The fourth-order valence-corrected chi connectivity index (χ4v) is 2.35. The molecule has 2 heterocycles. The molecule has 23 heavy (non-hydrogen) atoms. The van der Waals surface area contributed by atoms with Gasteiger partial charge in [0.25, 0.3) is 5.91 Å². The van der Waals surface area contributed by atoms with Gasteiger partial charge in [0.1, 0.15) is 0 Å². The van der Waals surface area contributed by atoms with Gasteiger partial charge < -0.3 is 11.1 Å². The number of hydrogen-bond donors (Lipinski definition) is 3. The standard InChI is InChI=1S/C16H14N6O/c1-9(18)12-3-2-10(6-11(12)7-17)16(23)21-14-4-5-19-15-13(14)8-20-22-15/h2-6,8-9H,18H2,1H3,(H2,19,20,21,22,23)/t9-/m1/s1. The fraction of sp³-hybridized carbons (Fsp3) is 0.125. The lowest BCUT2D eigenvalue weighted by Crippen LogP contribution is -2.14. The molecule has 7 nitrogen and oxygen atoms in total. The Morgan fingerprint density at radius 1 is 1.43 bits per heavy atom. The van der Waals surface area contributed by atoms with Crippen molar-refractivity contribution in [3.63, 3.8) is 0 Å². The van der Waals surface area contributed by atoms with Crippen LogP contribution in [0.4, 0.5) is 5.69 Å². The Kier molecular flexibility index (Phi) is 3.75. The van der Waals surface area contributed by atoms with E-state index >= 15 is 0 Å². The van der Waals surface area contributed by atoms with Crippen LogP contribution in [0.15, 0.2) is 36.7 Å². The second kappa shape index (κ2) is 5.87. The first-order valence-electron chi connectivity index (χ1n) is 6.99. The summed E-state index contributed by atoms with van der Waals surface area (Å²) in [5, 5.41) is 19.4. The number of carbonyl (C=O) groups is 1. The van der Waals surface area contributed by atoms with Gasteiger partial charge in [0.05, 0.1) is 28.9 Å². The topological polar surface area (TPSA) is 120 Å². The van der Waals surface area contributed by atoms with Gasteiger partial charge in [0.15, 0.2) is 5.65 Å². The predicted octanol–water partition coefficient (Wildman–Crippen LogP) is 2.10. The van der Waals surface area contributed by atoms with Gasteiger partial charge in [-0.3, -0.25) is 9.89 Å². The molecule has 0 saturated carbocycles. The molecular weight excluding hydrogens is 292 g/mol. The highest BCUT2D eigenvalue weighted by atomic mass is 16.1. The number of aromatic amines is 1. The van der Waals surface area contributed by atoms with Gasteiger partial charge in [-0.25, -0.2) is 4.98 Å². The van der Waals surface area contributed by atoms with Crippen molar-refractivity contribution < 1.29 is 4.79 Å². The normalized spacial score (nSPS) is 11.9. The largest absolute Gasteiger partial charge is 0.324 e. The van der Waals surface area contributed by atoms with Crippen LogP contribution in [0.5, 0.6) is 0 Å². The van der Waals surface area contributed by atoms with Crippen molar-refractivity contribution >= 4 is 22.6 Å². The molecular formula is C16H14N6O. The second-order valence-corrected chi connectivity index (χ2v) is 5.15. The molecule has 0 saturated heterocycles. The highest BCUT2D eigenvalue weighted by molar-refractivity contribution is 6.08. The zero-order valence-corrected chi connectivity index (χ0v) is 12.4. The molecule has 0 unspecified atom stereocenters. The molecule has 3 rings (SSSR count). The maximum absolute atomic E-state index is 12.4. The SMILES string of the molecule is C[C@@H](N)c1ccc(C(=O)Nc2ccnc3[nH]ncc23)cc1C#N. The Morgan fingerprint density at radius 3 is 3.00 bits per heavy atom. The molecule has 3 aromatic rings. The molecule has 0 aliphatic rings. The number of benzene rings is 1. The lowest BCUT2D eigenvalue weighted by molar-refractivity contribution is 0.102. The van der Waals surface area contributed by atoms with Gasteiger partial charge in [-0.2, -0.15) is 10.4 Å². The molecule has 0 bridgehead atoms. The van der Waals surface area contributed by atoms with Crippen molar-refractivity contribution in [2.75, 3.05) is 5.32 Å². The van der Waals surface area contributed by atoms with E-state index < -0.39 is 0 Å². The molecule has 1 aromatic carbocycles. The highest BCUT2D eigenvalue weighted by Gasteiger charge is 2.13. The van der Waals surface area contributed by atoms with E-state index in [1.54, 1.807) is 43.6 Å². The van der Waals surface area contributed by atoms with Crippen molar-refractivity contribution in [2.24, 2.45) is 5.73 Å². The first-order chi connectivity index (χ1) is 11.1. The van der Waals surface area contributed by atoms with Crippen LogP contribution >= 0.6 is 0 Å². The number of carbonyl (C=O) groups excluding carboxylic acids is 1. The van der Waals surface area contributed by atoms with Crippen LogP contribution in [0.2, 0.25) is 0 Å².